The van der Waals surface area contributed by atoms with Crippen molar-refractivity contribution in [2.24, 2.45) is 0 Å². The van der Waals surface area contributed by atoms with E-state index in [1.54, 1.807) is 12.5 Å². The summed E-state index contributed by atoms with van der Waals surface area (Å²) < 4.78 is 11.4. The molecular weight excluding hydrogens is 292 g/mol. The molecule has 6 heteroatoms. The van der Waals surface area contributed by atoms with Crippen LogP contribution in [0.3, 0.4) is 0 Å². The number of fused-ring (bicyclic) bond motifs is 1. The molecule has 0 bridgehead atoms. The van der Waals surface area contributed by atoms with Crippen LogP contribution in [-0.4, -0.2) is 79.4 Å². The molecule has 0 spiro atoms. The van der Waals surface area contributed by atoms with Crippen LogP contribution in [0, 0.1) is 0 Å². The summed E-state index contributed by atoms with van der Waals surface area (Å²) in [6.45, 7) is 7.49. The zero-order chi connectivity index (χ0) is 15.9. The van der Waals surface area contributed by atoms with Gasteiger partial charge in [0.05, 0.1) is 18.7 Å². The minimum atomic E-state index is 0.555. The number of hydrogen-bond acceptors (Lipinski definition) is 6. The van der Waals surface area contributed by atoms with Crippen LogP contribution in [0.1, 0.15) is 0 Å². The number of likely N-dealkylation sites (N-methyl/N-ethyl adjacent to an activating group) is 1. The maximum Gasteiger partial charge on any atom is 0.121 e. The third-order valence-corrected chi connectivity index (χ3v) is 4.12. The Labute approximate surface area is 137 Å². The molecule has 0 radical (unpaired) electrons. The quantitative estimate of drug-likeness (QED) is 0.717. The number of benzene rings is 1. The van der Waals surface area contributed by atoms with Crippen molar-refractivity contribution in [3.8, 4) is 5.75 Å². The highest BCUT2D eigenvalue weighted by molar-refractivity contribution is 5.78. The Morgan fingerprint density at radius 1 is 1.09 bits per heavy atom. The number of ether oxygens (including phenoxy) is 2. The maximum absolute atomic E-state index is 5.71. The molecule has 2 aromatic rings. The van der Waals surface area contributed by atoms with Gasteiger partial charge in [-0.3, -0.25) is 4.90 Å². The van der Waals surface area contributed by atoms with Crippen molar-refractivity contribution >= 4 is 10.9 Å². The first-order valence-corrected chi connectivity index (χ1v) is 8.12. The molecule has 0 unspecified atom stereocenters. The fourth-order valence-electron chi connectivity index (χ4n) is 2.63. The van der Waals surface area contributed by atoms with Crippen LogP contribution >= 0.6 is 0 Å². The minimum absolute atomic E-state index is 0.555. The number of piperazine rings is 1. The summed E-state index contributed by atoms with van der Waals surface area (Å²) in [5.41, 5.74) is 0.897. The van der Waals surface area contributed by atoms with Crippen LogP contribution in [0.15, 0.2) is 30.7 Å². The third-order valence-electron chi connectivity index (χ3n) is 4.12. The Hall–Kier alpha value is -1.76. The standard InChI is InChI=1S/C17H24N4O2/c1-20-4-6-21(7-5-20)8-9-22-10-11-23-16-3-2-15-13-18-14-19-17(15)12-16/h2-3,12-14H,4-11H2,1H3. The highest BCUT2D eigenvalue weighted by Crippen LogP contribution is 2.17. The van der Waals surface area contributed by atoms with Crippen LogP contribution < -0.4 is 4.74 Å². The van der Waals surface area contributed by atoms with Crippen LogP contribution in [0.5, 0.6) is 5.75 Å². The van der Waals surface area contributed by atoms with Crippen molar-refractivity contribution < 1.29 is 9.47 Å². The summed E-state index contributed by atoms with van der Waals surface area (Å²) in [5, 5.41) is 1.02. The van der Waals surface area contributed by atoms with Crippen LogP contribution in [0.4, 0.5) is 0 Å². The van der Waals surface area contributed by atoms with Gasteiger partial charge in [0.25, 0.3) is 0 Å². The molecule has 1 aliphatic heterocycles. The Morgan fingerprint density at radius 2 is 1.96 bits per heavy atom. The summed E-state index contributed by atoms with van der Waals surface area (Å²) in [4.78, 5) is 13.0. The average Bonchev–Trinajstić information content (AvgIpc) is 2.59. The molecule has 124 valence electrons. The summed E-state index contributed by atoms with van der Waals surface area (Å²) in [7, 11) is 2.17. The molecule has 1 saturated heterocycles. The zero-order valence-corrected chi connectivity index (χ0v) is 13.6. The lowest BCUT2D eigenvalue weighted by Crippen LogP contribution is -2.45. The van der Waals surface area contributed by atoms with Crippen LogP contribution in [0.2, 0.25) is 0 Å². The topological polar surface area (TPSA) is 50.7 Å². The lowest BCUT2D eigenvalue weighted by atomic mass is 10.2. The molecule has 0 aliphatic carbocycles. The van der Waals surface area contributed by atoms with Gasteiger partial charge < -0.3 is 14.4 Å². The summed E-state index contributed by atoms with van der Waals surface area (Å²) in [6, 6.07) is 5.84. The van der Waals surface area contributed by atoms with E-state index >= 15 is 0 Å². The van der Waals surface area contributed by atoms with Gasteiger partial charge in [-0.15, -0.1) is 0 Å². The van der Waals surface area contributed by atoms with Crippen LogP contribution in [0.25, 0.3) is 10.9 Å². The van der Waals surface area contributed by atoms with Gasteiger partial charge in [0, 0.05) is 50.4 Å². The lowest BCUT2D eigenvalue weighted by Gasteiger charge is -2.32. The van der Waals surface area contributed by atoms with Crippen molar-refractivity contribution in [1.29, 1.82) is 0 Å². The molecule has 6 nitrogen and oxygen atoms in total. The first-order chi connectivity index (χ1) is 11.3. The first-order valence-electron chi connectivity index (χ1n) is 8.12. The van der Waals surface area contributed by atoms with E-state index in [-0.39, 0.29) is 0 Å². The normalized spacial score (nSPS) is 16.7. The lowest BCUT2D eigenvalue weighted by molar-refractivity contribution is 0.0658. The highest BCUT2D eigenvalue weighted by atomic mass is 16.5. The van der Waals surface area contributed by atoms with Gasteiger partial charge in [0.1, 0.15) is 18.7 Å². The van der Waals surface area contributed by atoms with Crippen molar-refractivity contribution in [3.63, 3.8) is 0 Å². The average molecular weight is 316 g/mol. The molecule has 0 amide bonds. The minimum Gasteiger partial charge on any atom is -0.491 e. The molecule has 1 aromatic carbocycles. The monoisotopic (exact) mass is 316 g/mol. The molecule has 2 heterocycles. The van der Waals surface area contributed by atoms with Crippen molar-refractivity contribution in [1.82, 2.24) is 19.8 Å². The van der Waals surface area contributed by atoms with E-state index in [1.807, 2.05) is 18.2 Å². The molecule has 0 saturated carbocycles. The van der Waals surface area contributed by atoms with E-state index in [2.05, 4.69) is 26.8 Å². The second kappa shape index (κ2) is 8.19. The van der Waals surface area contributed by atoms with Crippen molar-refractivity contribution in [2.75, 3.05) is 59.6 Å². The number of aromatic nitrogens is 2. The first kappa shape index (κ1) is 16.1. The second-order valence-electron chi connectivity index (χ2n) is 5.85. The number of nitrogens with zero attached hydrogens (tertiary/aromatic N) is 4. The second-order valence-corrected chi connectivity index (χ2v) is 5.85. The summed E-state index contributed by atoms with van der Waals surface area (Å²) in [6.07, 6.45) is 3.35. The van der Waals surface area contributed by atoms with Crippen LogP contribution in [-0.2, 0) is 4.74 Å². The zero-order valence-electron chi connectivity index (χ0n) is 13.6. The fraction of sp³-hybridized carbons (Fsp3) is 0.529. The van der Waals surface area contributed by atoms with Gasteiger partial charge in [-0.2, -0.15) is 0 Å². The molecular formula is C17H24N4O2. The van der Waals surface area contributed by atoms with E-state index < -0.39 is 0 Å². The van der Waals surface area contributed by atoms with Crippen molar-refractivity contribution in [3.05, 3.63) is 30.7 Å². The van der Waals surface area contributed by atoms with Gasteiger partial charge in [-0.25, -0.2) is 9.97 Å². The smallest absolute Gasteiger partial charge is 0.121 e. The Kier molecular flexibility index (Phi) is 5.74. The molecule has 3 rings (SSSR count). The van der Waals surface area contributed by atoms with E-state index in [0.717, 1.165) is 56.0 Å². The molecule has 1 fully saturated rings. The highest BCUT2D eigenvalue weighted by Gasteiger charge is 2.12. The molecule has 23 heavy (non-hydrogen) atoms. The van der Waals surface area contributed by atoms with Gasteiger partial charge in [-0.05, 0) is 19.2 Å². The fourth-order valence-corrected chi connectivity index (χ4v) is 2.63. The molecule has 1 aliphatic rings. The SMILES string of the molecule is CN1CCN(CCOCCOc2ccc3cncnc3c2)CC1. The largest absolute Gasteiger partial charge is 0.491 e. The maximum atomic E-state index is 5.71. The summed E-state index contributed by atoms with van der Waals surface area (Å²) >= 11 is 0. The predicted molar refractivity (Wildman–Crippen MR) is 89.8 cm³/mol. The van der Waals surface area contributed by atoms with Gasteiger partial charge in [0.2, 0.25) is 0 Å². The molecule has 0 N–H and O–H groups in total. The molecule has 0 atom stereocenters. The van der Waals surface area contributed by atoms with E-state index in [0.29, 0.717) is 13.2 Å². The predicted octanol–water partition coefficient (Wildman–Crippen LogP) is 1.27. The Bertz CT molecular complexity index is 614. The molecule has 1 aromatic heterocycles. The number of rotatable bonds is 7. The number of hydrogen-bond donors (Lipinski definition) is 0. The van der Waals surface area contributed by atoms with Gasteiger partial charge in [-0.1, -0.05) is 0 Å². The third kappa shape index (κ3) is 4.86. The van der Waals surface area contributed by atoms with Crippen molar-refractivity contribution in [2.45, 2.75) is 0 Å². The Balaban J connectivity index is 1.31. The van der Waals surface area contributed by atoms with E-state index in [9.17, 15) is 0 Å². The van der Waals surface area contributed by atoms with Gasteiger partial charge in [0.15, 0.2) is 0 Å². The van der Waals surface area contributed by atoms with E-state index in [1.165, 1.54) is 0 Å². The summed E-state index contributed by atoms with van der Waals surface area (Å²) in [5.74, 6) is 0.818. The Morgan fingerprint density at radius 3 is 2.83 bits per heavy atom. The van der Waals surface area contributed by atoms with E-state index in [4.69, 9.17) is 9.47 Å². The van der Waals surface area contributed by atoms with Gasteiger partial charge >= 0.3 is 0 Å².